The molecule has 0 saturated heterocycles. The summed E-state index contributed by atoms with van der Waals surface area (Å²) < 4.78 is 16.0. The van der Waals surface area contributed by atoms with E-state index in [0.717, 1.165) is 18.4 Å². The van der Waals surface area contributed by atoms with Gasteiger partial charge in [-0.05, 0) is 18.9 Å². The molecule has 5 nitrogen and oxygen atoms in total. The van der Waals surface area contributed by atoms with Gasteiger partial charge in [0.25, 0.3) is 0 Å². The predicted octanol–water partition coefficient (Wildman–Crippen LogP) is 2.70. The molecule has 1 aromatic carbocycles. The van der Waals surface area contributed by atoms with Crippen LogP contribution >= 0.6 is 0 Å². The molecule has 5 heteroatoms. The molecule has 122 valence electrons. The van der Waals surface area contributed by atoms with Crippen molar-refractivity contribution >= 4 is 5.91 Å². The molecule has 1 aliphatic carbocycles. The molecule has 2 rings (SSSR count). The number of carbonyl (C=O) groups excluding carboxylic acids is 1. The van der Waals surface area contributed by atoms with E-state index in [9.17, 15) is 4.79 Å². The van der Waals surface area contributed by atoms with E-state index in [1.807, 2.05) is 6.07 Å². The first-order valence-electron chi connectivity index (χ1n) is 7.76. The predicted molar refractivity (Wildman–Crippen MR) is 84.8 cm³/mol. The highest BCUT2D eigenvalue weighted by Crippen LogP contribution is 2.39. The van der Waals surface area contributed by atoms with Gasteiger partial charge in [-0.3, -0.25) is 4.79 Å². The van der Waals surface area contributed by atoms with E-state index >= 15 is 0 Å². The Labute approximate surface area is 131 Å². The van der Waals surface area contributed by atoms with E-state index in [2.05, 4.69) is 5.32 Å². The van der Waals surface area contributed by atoms with Gasteiger partial charge in [0.15, 0.2) is 11.5 Å². The number of carbonyl (C=O) groups is 1. The van der Waals surface area contributed by atoms with E-state index in [4.69, 9.17) is 14.2 Å². The number of ether oxygens (including phenoxy) is 3. The van der Waals surface area contributed by atoms with Gasteiger partial charge < -0.3 is 19.5 Å². The number of hydrogen-bond donors (Lipinski definition) is 1. The van der Waals surface area contributed by atoms with Gasteiger partial charge >= 0.3 is 0 Å². The molecule has 1 N–H and O–H groups in total. The Morgan fingerprint density at radius 1 is 1.05 bits per heavy atom. The van der Waals surface area contributed by atoms with E-state index in [1.54, 1.807) is 27.4 Å². The SMILES string of the molecule is COc1ccc(CC(=O)NC2CCCCC2)c(OC)c1OC. The normalized spacial score (nSPS) is 15.2. The first-order chi connectivity index (χ1) is 10.7. The minimum atomic E-state index is 0.0254. The fourth-order valence-corrected chi connectivity index (χ4v) is 3.00. The van der Waals surface area contributed by atoms with Crippen molar-refractivity contribution in [3.05, 3.63) is 17.7 Å². The minimum absolute atomic E-state index is 0.0254. The maximum atomic E-state index is 12.3. The maximum absolute atomic E-state index is 12.3. The molecule has 0 aliphatic heterocycles. The standard InChI is InChI=1S/C17H25NO4/c1-20-14-10-9-12(16(21-2)17(14)22-3)11-15(19)18-13-7-5-4-6-8-13/h9-10,13H,4-8,11H2,1-3H3,(H,18,19). The molecule has 1 aliphatic rings. The Hall–Kier alpha value is -1.91. The largest absolute Gasteiger partial charge is 0.493 e. The second-order valence-corrected chi connectivity index (χ2v) is 5.57. The molecule has 0 unspecified atom stereocenters. The molecule has 0 radical (unpaired) electrons. The molecule has 0 atom stereocenters. The number of amides is 1. The second kappa shape index (κ2) is 7.92. The molecule has 0 aromatic heterocycles. The Morgan fingerprint density at radius 3 is 2.32 bits per heavy atom. The fraction of sp³-hybridized carbons (Fsp3) is 0.588. The first-order valence-corrected chi connectivity index (χ1v) is 7.76. The van der Waals surface area contributed by atoms with Crippen LogP contribution in [0.1, 0.15) is 37.7 Å². The summed E-state index contributed by atoms with van der Waals surface area (Å²) in [5.41, 5.74) is 0.799. The summed E-state index contributed by atoms with van der Waals surface area (Å²) >= 11 is 0. The molecule has 0 bridgehead atoms. The molecular weight excluding hydrogens is 282 g/mol. The van der Waals surface area contributed by atoms with E-state index < -0.39 is 0 Å². The number of hydrogen-bond acceptors (Lipinski definition) is 4. The Balaban J connectivity index is 2.09. The Morgan fingerprint density at radius 2 is 1.73 bits per heavy atom. The average Bonchev–Trinajstić information content (AvgIpc) is 2.55. The lowest BCUT2D eigenvalue weighted by atomic mass is 9.95. The summed E-state index contributed by atoms with van der Waals surface area (Å²) in [6.07, 6.45) is 6.11. The van der Waals surface area contributed by atoms with Crippen LogP contribution in [0.5, 0.6) is 17.2 Å². The third-order valence-corrected chi connectivity index (χ3v) is 4.11. The van der Waals surface area contributed by atoms with Gasteiger partial charge in [-0.15, -0.1) is 0 Å². The third-order valence-electron chi connectivity index (χ3n) is 4.11. The molecule has 0 spiro atoms. The number of methoxy groups -OCH3 is 3. The van der Waals surface area contributed by atoms with Crippen molar-refractivity contribution in [1.82, 2.24) is 5.32 Å². The lowest BCUT2D eigenvalue weighted by Gasteiger charge is -2.23. The van der Waals surface area contributed by atoms with Crippen molar-refractivity contribution in [2.75, 3.05) is 21.3 Å². The van der Waals surface area contributed by atoms with E-state index in [0.29, 0.717) is 23.3 Å². The maximum Gasteiger partial charge on any atom is 0.224 e. The number of nitrogens with one attached hydrogen (secondary N) is 1. The quantitative estimate of drug-likeness (QED) is 0.878. The first kappa shape index (κ1) is 16.5. The Bertz CT molecular complexity index is 510. The molecule has 1 fully saturated rings. The summed E-state index contributed by atoms with van der Waals surface area (Å²) in [7, 11) is 4.71. The summed E-state index contributed by atoms with van der Waals surface area (Å²) in [6.45, 7) is 0. The van der Waals surface area contributed by atoms with Gasteiger partial charge in [0.1, 0.15) is 0 Å². The molecule has 1 amide bonds. The van der Waals surface area contributed by atoms with Crippen molar-refractivity contribution in [3.63, 3.8) is 0 Å². The van der Waals surface area contributed by atoms with Gasteiger partial charge in [-0.2, -0.15) is 0 Å². The molecule has 1 aromatic rings. The lowest BCUT2D eigenvalue weighted by molar-refractivity contribution is -0.121. The highest BCUT2D eigenvalue weighted by atomic mass is 16.5. The van der Waals surface area contributed by atoms with Crippen molar-refractivity contribution in [3.8, 4) is 17.2 Å². The summed E-state index contributed by atoms with van der Waals surface area (Å²) in [4.78, 5) is 12.3. The van der Waals surface area contributed by atoms with Crippen molar-refractivity contribution in [1.29, 1.82) is 0 Å². The van der Waals surface area contributed by atoms with Crippen LogP contribution in [0.15, 0.2) is 12.1 Å². The monoisotopic (exact) mass is 307 g/mol. The zero-order valence-electron chi connectivity index (χ0n) is 13.6. The summed E-state index contributed by atoms with van der Waals surface area (Å²) in [5, 5.41) is 3.12. The van der Waals surface area contributed by atoms with Crippen LogP contribution < -0.4 is 19.5 Å². The van der Waals surface area contributed by atoms with Gasteiger partial charge in [-0.25, -0.2) is 0 Å². The molecular formula is C17H25NO4. The second-order valence-electron chi connectivity index (χ2n) is 5.57. The summed E-state index contributed by atoms with van der Waals surface area (Å²) in [6, 6.07) is 3.96. The van der Waals surface area contributed by atoms with Crippen LogP contribution in [0.4, 0.5) is 0 Å². The molecule has 0 heterocycles. The third kappa shape index (κ3) is 3.84. The van der Waals surface area contributed by atoms with Gasteiger partial charge in [0.2, 0.25) is 11.7 Å². The number of benzene rings is 1. The average molecular weight is 307 g/mol. The van der Waals surface area contributed by atoms with Gasteiger partial charge in [-0.1, -0.05) is 25.3 Å². The molecule has 22 heavy (non-hydrogen) atoms. The van der Waals surface area contributed by atoms with Crippen molar-refractivity contribution in [2.45, 2.75) is 44.6 Å². The smallest absolute Gasteiger partial charge is 0.224 e. The van der Waals surface area contributed by atoms with Crippen molar-refractivity contribution < 1.29 is 19.0 Å². The van der Waals surface area contributed by atoms with Crippen LogP contribution in [0, 0.1) is 0 Å². The fourth-order valence-electron chi connectivity index (χ4n) is 3.00. The summed E-state index contributed by atoms with van der Waals surface area (Å²) in [5.74, 6) is 1.70. The number of rotatable bonds is 6. The van der Waals surface area contributed by atoms with Crippen LogP contribution in [-0.2, 0) is 11.2 Å². The van der Waals surface area contributed by atoms with Crippen LogP contribution in [-0.4, -0.2) is 33.3 Å². The highest BCUT2D eigenvalue weighted by molar-refractivity contribution is 5.80. The van der Waals surface area contributed by atoms with Crippen molar-refractivity contribution in [2.24, 2.45) is 0 Å². The van der Waals surface area contributed by atoms with E-state index in [-0.39, 0.29) is 12.3 Å². The topological polar surface area (TPSA) is 56.8 Å². The van der Waals surface area contributed by atoms with E-state index in [1.165, 1.54) is 19.3 Å². The Kier molecular flexibility index (Phi) is 5.92. The van der Waals surface area contributed by atoms with Gasteiger partial charge in [0.05, 0.1) is 27.8 Å². The van der Waals surface area contributed by atoms with Gasteiger partial charge in [0, 0.05) is 11.6 Å². The van der Waals surface area contributed by atoms with Crippen LogP contribution in [0.25, 0.3) is 0 Å². The van der Waals surface area contributed by atoms with Crippen LogP contribution in [0.2, 0.25) is 0 Å². The van der Waals surface area contributed by atoms with Crippen LogP contribution in [0.3, 0.4) is 0 Å². The molecule has 1 saturated carbocycles. The zero-order valence-corrected chi connectivity index (χ0v) is 13.6. The minimum Gasteiger partial charge on any atom is -0.493 e. The zero-order chi connectivity index (χ0) is 15.9. The highest BCUT2D eigenvalue weighted by Gasteiger charge is 2.20. The lowest BCUT2D eigenvalue weighted by Crippen LogP contribution is -2.37.